The Hall–Kier alpha value is -0.900. The molecule has 2 aromatic heterocycles. The third-order valence-corrected chi connectivity index (χ3v) is 1.93. The van der Waals surface area contributed by atoms with Crippen molar-refractivity contribution in [3.05, 3.63) is 34.8 Å². The summed E-state index contributed by atoms with van der Waals surface area (Å²) in [5.74, 6) is -0.300. The topological polar surface area (TPSA) is 17.3 Å². The van der Waals surface area contributed by atoms with Crippen LogP contribution in [0.3, 0.4) is 0 Å². The standard InChI is InChI=1S/C7H4BrFN2/c8-5-1-2-11-7(3-5)6(9)4-10-11/h1-4H. The van der Waals surface area contributed by atoms with Crippen LogP contribution in [0.2, 0.25) is 0 Å². The number of hydrogen-bond donors (Lipinski definition) is 0. The van der Waals surface area contributed by atoms with E-state index in [4.69, 9.17) is 0 Å². The van der Waals surface area contributed by atoms with Gasteiger partial charge in [-0.2, -0.15) is 5.10 Å². The first kappa shape index (κ1) is 6.79. The molecule has 2 rings (SSSR count). The Morgan fingerprint density at radius 1 is 1.55 bits per heavy atom. The van der Waals surface area contributed by atoms with Gasteiger partial charge in [0, 0.05) is 10.7 Å². The van der Waals surface area contributed by atoms with E-state index < -0.39 is 0 Å². The summed E-state index contributed by atoms with van der Waals surface area (Å²) in [7, 11) is 0. The third kappa shape index (κ3) is 1.03. The van der Waals surface area contributed by atoms with E-state index >= 15 is 0 Å². The number of rotatable bonds is 0. The molecule has 0 bridgehead atoms. The molecule has 0 spiro atoms. The predicted octanol–water partition coefficient (Wildman–Crippen LogP) is 2.24. The van der Waals surface area contributed by atoms with Gasteiger partial charge >= 0.3 is 0 Å². The summed E-state index contributed by atoms with van der Waals surface area (Å²) in [5, 5.41) is 3.78. The van der Waals surface area contributed by atoms with Crippen LogP contribution in [0.1, 0.15) is 0 Å². The van der Waals surface area contributed by atoms with Crippen LogP contribution in [-0.2, 0) is 0 Å². The second-order valence-electron chi connectivity index (χ2n) is 2.17. The largest absolute Gasteiger partial charge is 0.238 e. The SMILES string of the molecule is Fc1cnn2ccc(Br)cc12. The van der Waals surface area contributed by atoms with Crippen molar-refractivity contribution < 1.29 is 4.39 Å². The number of nitrogens with zero attached hydrogens (tertiary/aromatic N) is 2. The monoisotopic (exact) mass is 214 g/mol. The zero-order chi connectivity index (χ0) is 7.84. The Bertz CT molecular complexity index is 396. The summed E-state index contributed by atoms with van der Waals surface area (Å²) in [5.41, 5.74) is 0.486. The first-order chi connectivity index (χ1) is 5.27. The van der Waals surface area contributed by atoms with Crippen molar-refractivity contribution in [2.45, 2.75) is 0 Å². The minimum atomic E-state index is -0.300. The smallest absolute Gasteiger partial charge is 0.168 e. The van der Waals surface area contributed by atoms with Crippen molar-refractivity contribution in [3.63, 3.8) is 0 Å². The lowest BCUT2D eigenvalue weighted by molar-refractivity contribution is 0.639. The predicted molar refractivity (Wildman–Crippen MR) is 42.9 cm³/mol. The summed E-state index contributed by atoms with van der Waals surface area (Å²) in [6, 6.07) is 3.49. The second-order valence-corrected chi connectivity index (χ2v) is 3.08. The van der Waals surface area contributed by atoms with Gasteiger partial charge in [-0.15, -0.1) is 0 Å². The summed E-state index contributed by atoms with van der Waals surface area (Å²) < 4.78 is 15.2. The van der Waals surface area contributed by atoms with E-state index in [1.165, 1.54) is 10.7 Å². The van der Waals surface area contributed by atoms with Gasteiger partial charge in [-0.25, -0.2) is 8.91 Å². The maximum absolute atomic E-state index is 12.8. The van der Waals surface area contributed by atoms with Crippen LogP contribution in [0.25, 0.3) is 5.52 Å². The van der Waals surface area contributed by atoms with Gasteiger partial charge < -0.3 is 0 Å². The number of halogens is 2. The molecule has 11 heavy (non-hydrogen) atoms. The van der Waals surface area contributed by atoms with Gasteiger partial charge in [-0.1, -0.05) is 15.9 Å². The summed E-state index contributed by atoms with van der Waals surface area (Å²) in [4.78, 5) is 0. The summed E-state index contributed by atoms with van der Waals surface area (Å²) in [6.07, 6.45) is 2.89. The molecular weight excluding hydrogens is 211 g/mol. The van der Waals surface area contributed by atoms with Crippen LogP contribution in [0.4, 0.5) is 4.39 Å². The maximum Gasteiger partial charge on any atom is 0.168 e. The third-order valence-electron chi connectivity index (χ3n) is 1.44. The average Bonchev–Trinajstić information content (AvgIpc) is 2.33. The highest BCUT2D eigenvalue weighted by molar-refractivity contribution is 9.10. The molecule has 0 saturated carbocycles. The van der Waals surface area contributed by atoms with Crippen molar-refractivity contribution in [1.82, 2.24) is 9.61 Å². The van der Waals surface area contributed by atoms with Crippen molar-refractivity contribution in [1.29, 1.82) is 0 Å². The van der Waals surface area contributed by atoms with E-state index in [0.717, 1.165) is 4.47 Å². The average molecular weight is 215 g/mol. The van der Waals surface area contributed by atoms with E-state index in [-0.39, 0.29) is 5.82 Å². The van der Waals surface area contributed by atoms with Crippen molar-refractivity contribution >= 4 is 21.4 Å². The zero-order valence-electron chi connectivity index (χ0n) is 5.46. The number of fused-ring (bicyclic) bond motifs is 1. The first-order valence-corrected chi connectivity index (χ1v) is 3.85. The molecule has 0 aliphatic carbocycles. The van der Waals surface area contributed by atoms with Crippen LogP contribution in [0.5, 0.6) is 0 Å². The van der Waals surface area contributed by atoms with Crippen LogP contribution in [-0.4, -0.2) is 9.61 Å². The highest BCUT2D eigenvalue weighted by Crippen LogP contribution is 2.14. The normalized spacial score (nSPS) is 10.7. The Kier molecular flexibility index (Phi) is 1.42. The molecule has 0 unspecified atom stereocenters. The second kappa shape index (κ2) is 2.30. The number of hydrogen-bond acceptors (Lipinski definition) is 1. The minimum Gasteiger partial charge on any atom is -0.238 e. The molecule has 4 heteroatoms. The van der Waals surface area contributed by atoms with E-state index in [1.807, 2.05) is 0 Å². The Balaban J connectivity index is 2.87. The molecule has 0 atom stereocenters. The van der Waals surface area contributed by atoms with Crippen molar-refractivity contribution in [3.8, 4) is 0 Å². The summed E-state index contributed by atoms with van der Waals surface area (Å²) >= 11 is 3.24. The molecule has 0 aliphatic rings. The molecule has 2 nitrogen and oxygen atoms in total. The van der Waals surface area contributed by atoms with E-state index in [9.17, 15) is 4.39 Å². The fourth-order valence-electron chi connectivity index (χ4n) is 0.925. The van der Waals surface area contributed by atoms with E-state index in [1.54, 1.807) is 18.3 Å². The molecule has 0 aromatic carbocycles. The van der Waals surface area contributed by atoms with Gasteiger partial charge in [0.25, 0.3) is 0 Å². The Morgan fingerprint density at radius 2 is 2.36 bits per heavy atom. The lowest BCUT2D eigenvalue weighted by Crippen LogP contribution is -1.84. The van der Waals surface area contributed by atoms with Gasteiger partial charge in [0.05, 0.1) is 6.20 Å². The molecule has 56 valence electrons. The molecule has 2 heterocycles. The molecule has 0 N–H and O–H groups in total. The van der Waals surface area contributed by atoms with Gasteiger partial charge in [0.15, 0.2) is 5.82 Å². The van der Waals surface area contributed by atoms with E-state index in [0.29, 0.717) is 5.52 Å². The lowest BCUT2D eigenvalue weighted by Gasteiger charge is -1.92. The zero-order valence-corrected chi connectivity index (χ0v) is 7.05. The molecule has 2 aromatic rings. The van der Waals surface area contributed by atoms with Gasteiger partial charge in [-0.05, 0) is 12.1 Å². The van der Waals surface area contributed by atoms with Crippen LogP contribution in [0, 0.1) is 5.82 Å². The van der Waals surface area contributed by atoms with Gasteiger partial charge in [-0.3, -0.25) is 0 Å². The first-order valence-electron chi connectivity index (χ1n) is 3.06. The maximum atomic E-state index is 12.8. The highest BCUT2D eigenvalue weighted by Gasteiger charge is 2.01. The van der Waals surface area contributed by atoms with Gasteiger partial charge in [0.1, 0.15) is 5.52 Å². The molecule has 0 saturated heterocycles. The Labute approximate surface area is 70.8 Å². The molecule has 0 amide bonds. The fraction of sp³-hybridized carbons (Fsp3) is 0. The minimum absolute atomic E-state index is 0.300. The van der Waals surface area contributed by atoms with E-state index in [2.05, 4.69) is 21.0 Å². The summed E-state index contributed by atoms with van der Waals surface area (Å²) in [6.45, 7) is 0. The molecule has 0 aliphatic heterocycles. The van der Waals surface area contributed by atoms with Crippen LogP contribution < -0.4 is 0 Å². The molecule has 0 radical (unpaired) electrons. The molecule has 0 fully saturated rings. The molecular formula is C7H4BrFN2. The van der Waals surface area contributed by atoms with Gasteiger partial charge in [0.2, 0.25) is 0 Å². The van der Waals surface area contributed by atoms with Crippen molar-refractivity contribution in [2.24, 2.45) is 0 Å². The fourth-order valence-corrected chi connectivity index (χ4v) is 1.26. The number of aromatic nitrogens is 2. The van der Waals surface area contributed by atoms with Crippen LogP contribution in [0.15, 0.2) is 29.0 Å². The lowest BCUT2D eigenvalue weighted by atomic mass is 10.4. The van der Waals surface area contributed by atoms with Crippen molar-refractivity contribution in [2.75, 3.05) is 0 Å². The quantitative estimate of drug-likeness (QED) is 0.658. The number of pyridine rings is 1. The Morgan fingerprint density at radius 3 is 3.18 bits per heavy atom. The van der Waals surface area contributed by atoms with Crippen LogP contribution >= 0.6 is 15.9 Å². The highest BCUT2D eigenvalue weighted by atomic mass is 79.9.